The van der Waals surface area contributed by atoms with Crippen LogP contribution in [0.2, 0.25) is 0 Å². The van der Waals surface area contributed by atoms with Crippen molar-refractivity contribution in [2.24, 2.45) is 5.16 Å². The van der Waals surface area contributed by atoms with Crippen LogP contribution in [0.25, 0.3) is 0 Å². The van der Waals surface area contributed by atoms with Crippen LogP contribution in [0.3, 0.4) is 0 Å². The molecule has 110 valence electrons. The molecule has 0 fully saturated rings. The molecule has 0 bridgehead atoms. The van der Waals surface area contributed by atoms with Gasteiger partial charge >= 0.3 is 0 Å². The summed E-state index contributed by atoms with van der Waals surface area (Å²) in [4.78, 5) is 2.40. The van der Waals surface area contributed by atoms with E-state index in [9.17, 15) is 0 Å². The van der Waals surface area contributed by atoms with Gasteiger partial charge in [-0.05, 0) is 31.7 Å². The summed E-state index contributed by atoms with van der Waals surface area (Å²) in [6.45, 7) is 2.33. The molecule has 1 aliphatic rings. The molecule has 4 heteroatoms. The van der Waals surface area contributed by atoms with Crippen molar-refractivity contribution >= 4 is 11.4 Å². The molecule has 1 aromatic carbocycles. The molecular weight excluding hydrogens is 252 g/mol. The lowest BCUT2D eigenvalue weighted by molar-refractivity contribution is 0.282. The largest absolute Gasteiger partial charge is 0.411 e. The molecule has 4 nitrogen and oxygen atoms in total. The Balaban J connectivity index is 2.02. The maximum atomic E-state index is 9.17. The summed E-state index contributed by atoms with van der Waals surface area (Å²) in [5.41, 5.74) is 3.03. The van der Waals surface area contributed by atoms with E-state index in [0.29, 0.717) is 6.61 Å². The van der Waals surface area contributed by atoms with Crippen LogP contribution in [0.5, 0.6) is 0 Å². The Bertz CT molecular complexity index is 446. The van der Waals surface area contributed by atoms with Crippen molar-refractivity contribution in [3.8, 4) is 0 Å². The molecular formula is C16H24N2O2. The van der Waals surface area contributed by atoms with Crippen LogP contribution in [0.4, 0.5) is 5.69 Å². The van der Waals surface area contributed by atoms with E-state index >= 15 is 0 Å². The predicted octanol–water partition coefficient (Wildman–Crippen LogP) is 3.02. The van der Waals surface area contributed by atoms with E-state index in [1.807, 2.05) is 18.2 Å². The molecule has 0 saturated heterocycles. The zero-order valence-corrected chi connectivity index (χ0v) is 12.0. The van der Waals surface area contributed by atoms with Crippen molar-refractivity contribution in [1.29, 1.82) is 0 Å². The number of hydrogen-bond donors (Lipinski definition) is 2. The summed E-state index contributed by atoms with van der Waals surface area (Å²) < 4.78 is 0. The van der Waals surface area contributed by atoms with Gasteiger partial charge in [0.15, 0.2) is 0 Å². The van der Waals surface area contributed by atoms with Crippen molar-refractivity contribution in [3.63, 3.8) is 0 Å². The van der Waals surface area contributed by atoms with Crippen LogP contribution in [-0.2, 0) is 0 Å². The number of hydrogen-bond acceptors (Lipinski definition) is 4. The van der Waals surface area contributed by atoms with Gasteiger partial charge in [0.2, 0.25) is 0 Å². The lowest BCUT2D eigenvalue weighted by atomic mass is 10.1. The number of oxime groups is 1. The Kier molecular flexibility index (Phi) is 5.87. The Labute approximate surface area is 120 Å². The third-order valence-corrected chi connectivity index (χ3v) is 3.85. The van der Waals surface area contributed by atoms with Crippen molar-refractivity contribution in [1.82, 2.24) is 0 Å². The number of nitrogens with zero attached hydrogens (tertiary/aromatic N) is 2. The van der Waals surface area contributed by atoms with Crippen LogP contribution in [0.15, 0.2) is 29.4 Å². The van der Waals surface area contributed by atoms with Gasteiger partial charge in [-0.3, -0.25) is 0 Å². The van der Waals surface area contributed by atoms with Crippen molar-refractivity contribution in [2.75, 3.05) is 24.6 Å². The molecule has 2 N–H and O–H groups in total. The minimum absolute atomic E-state index is 0.295. The predicted molar refractivity (Wildman–Crippen MR) is 81.8 cm³/mol. The first kappa shape index (κ1) is 14.9. The first-order chi connectivity index (χ1) is 9.86. The van der Waals surface area contributed by atoms with Crippen LogP contribution < -0.4 is 4.90 Å². The van der Waals surface area contributed by atoms with E-state index in [4.69, 9.17) is 10.3 Å². The first-order valence-corrected chi connectivity index (χ1v) is 7.53. The van der Waals surface area contributed by atoms with Crippen molar-refractivity contribution in [3.05, 3.63) is 29.8 Å². The molecule has 1 aliphatic heterocycles. The average molecular weight is 276 g/mol. The van der Waals surface area contributed by atoms with E-state index in [0.717, 1.165) is 62.9 Å². The highest BCUT2D eigenvalue weighted by molar-refractivity contribution is 6.05. The molecule has 0 spiro atoms. The smallest absolute Gasteiger partial charge is 0.0889 e. The minimum Gasteiger partial charge on any atom is -0.411 e. The summed E-state index contributed by atoms with van der Waals surface area (Å²) >= 11 is 0. The minimum atomic E-state index is 0.295. The summed E-state index contributed by atoms with van der Waals surface area (Å²) in [6, 6.07) is 8.18. The van der Waals surface area contributed by atoms with Crippen LogP contribution in [0, 0.1) is 0 Å². The summed E-state index contributed by atoms with van der Waals surface area (Å²) in [5, 5.41) is 21.4. The number of rotatable bonds is 6. The second kappa shape index (κ2) is 7.90. The molecule has 0 unspecified atom stereocenters. The van der Waals surface area contributed by atoms with E-state index in [1.54, 1.807) is 0 Å². The molecule has 0 aromatic heterocycles. The zero-order valence-electron chi connectivity index (χ0n) is 12.0. The Morgan fingerprint density at radius 2 is 1.90 bits per heavy atom. The summed E-state index contributed by atoms with van der Waals surface area (Å²) in [5.74, 6) is 0. The second-order valence-electron chi connectivity index (χ2n) is 5.29. The maximum Gasteiger partial charge on any atom is 0.0889 e. The molecule has 0 amide bonds. The molecule has 0 radical (unpaired) electrons. The van der Waals surface area contributed by atoms with Crippen molar-refractivity contribution < 1.29 is 10.3 Å². The van der Waals surface area contributed by atoms with Gasteiger partial charge in [-0.2, -0.15) is 0 Å². The Hall–Kier alpha value is -1.55. The average Bonchev–Trinajstić information content (AvgIpc) is 2.66. The Morgan fingerprint density at radius 3 is 2.70 bits per heavy atom. The number of aliphatic hydroxyl groups excluding tert-OH is 1. The highest BCUT2D eigenvalue weighted by atomic mass is 16.4. The monoisotopic (exact) mass is 276 g/mol. The third-order valence-electron chi connectivity index (χ3n) is 3.85. The van der Waals surface area contributed by atoms with Gasteiger partial charge in [-0.25, -0.2) is 0 Å². The number of unbranched alkanes of at least 4 members (excludes halogenated alkanes) is 3. The van der Waals surface area contributed by atoms with E-state index in [1.165, 1.54) is 5.69 Å². The van der Waals surface area contributed by atoms with E-state index < -0.39 is 0 Å². The van der Waals surface area contributed by atoms with Crippen molar-refractivity contribution in [2.45, 2.75) is 38.5 Å². The summed E-state index contributed by atoms with van der Waals surface area (Å²) in [7, 11) is 0. The SMILES string of the molecule is OCCCCCCN1CCC/C(=N/O)c2ccccc21. The molecule has 2 rings (SSSR count). The van der Waals surface area contributed by atoms with Gasteiger partial charge in [0.25, 0.3) is 0 Å². The lowest BCUT2D eigenvalue weighted by Gasteiger charge is -2.24. The Morgan fingerprint density at radius 1 is 1.10 bits per heavy atom. The molecule has 0 saturated carbocycles. The third kappa shape index (κ3) is 3.73. The van der Waals surface area contributed by atoms with Gasteiger partial charge in [0.1, 0.15) is 0 Å². The van der Waals surface area contributed by atoms with Gasteiger partial charge in [-0.15, -0.1) is 0 Å². The van der Waals surface area contributed by atoms with Gasteiger partial charge in [0.05, 0.1) is 5.71 Å². The number of anilines is 1. The number of benzene rings is 1. The van der Waals surface area contributed by atoms with Gasteiger partial charge < -0.3 is 15.2 Å². The highest BCUT2D eigenvalue weighted by Crippen LogP contribution is 2.26. The van der Waals surface area contributed by atoms with Gasteiger partial charge in [-0.1, -0.05) is 36.2 Å². The second-order valence-corrected chi connectivity index (χ2v) is 5.29. The molecule has 20 heavy (non-hydrogen) atoms. The van der Waals surface area contributed by atoms with E-state index in [2.05, 4.69) is 16.1 Å². The normalized spacial score (nSPS) is 17.1. The fourth-order valence-electron chi connectivity index (χ4n) is 2.79. The zero-order chi connectivity index (χ0) is 14.2. The highest BCUT2D eigenvalue weighted by Gasteiger charge is 2.18. The number of para-hydroxylation sites is 1. The lowest BCUT2D eigenvalue weighted by Crippen LogP contribution is -2.25. The van der Waals surface area contributed by atoms with Crippen LogP contribution in [-0.4, -0.2) is 35.7 Å². The van der Waals surface area contributed by atoms with Gasteiger partial charge in [0, 0.05) is 30.9 Å². The maximum absolute atomic E-state index is 9.17. The standard InChI is InChI=1S/C16H24N2O2/c19-13-6-2-1-5-11-18-12-7-9-15(17-20)14-8-3-4-10-16(14)18/h3-4,8,10,19-20H,1-2,5-7,9,11-13H2/b17-15-. The first-order valence-electron chi connectivity index (χ1n) is 7.53. The van der Waals surface area contributed by atoms with Crippen LogP contribution >= 0.6 is 0 Å². The fraction of sp³-hybridized carbons (Fsp3) is 0.562. The quantitative estimate of drug-likeness (QED) is 0.477. The topological polar surface area (TPSA) is 56.1 Å². The molecule has 1 aromatic rings. The number of aliphatic hydroxyl groups is 1. The van der Waals surface area contributed by atoms with E-state index in [-0.39, 0.29) is 0 Å². The molecule has 0 atom stereocenters. The fourth-order valence-corrected chi connectivity index (χ4v) is 2.79. The summed E-state index contributed by atoms with van der Waals surface area (Å²) in [6.07, 6.45) is 6.13. The number of fused-ring (bicyclic) bond motifs is 1. The molecule has 0 aliphatic carbocycles. The van der Waals surface area contributed by atoms with Crippen LogP contribution in [0.1, 0.15) is 44.1 Å². The molecule has 1 heterocycles.